The Morgan fingerprint density at radius 1 is 0.476 bits per heavy atom. The highest BCUT2D eigenvalue weighted by Crippen LogP contribution is 2.34. The molecule has 3 unspecified atom stereocenters. The van der Waals surface area contributed by atoms with Gasteiger partial charge in [-0.25, -0.2) is 14.4 Å². The Balaban J connectivity index is 4.88. The van der Waals surface area contributed by atoms with E-state index in [0.29, 0.717) is 25.7 Å². The molecular formula is C35H66NO6+. The molecule has 0 saturated heterocycles. The van der Waals surface area contributed by atoms with Crippen LogP contribution in [0.25, 0.3) is 0 Å². The molecule has 0 aliphatic rings. The first-order chi connectivity index (χ1) is 20.2. The first-order valence-electron chi connectivity index (χ1n) is 17.4. The third kappa shape index (κ3) is 15.5. The predicted octanol–water partition coefficient (Wildman–Crippen LogP) is 9.38. The molecule has 246 valence electrons. The molecule has 3 atom stereocenters. The van der Waals surface area contributed by atoms with Crippen LogP contribution in [0.5, 0.6) is 0 Å². The first-order valence-corrected chi connectivity index (χ1v) is 17.4. The van der Waals surface area contributed by atoms with E-state index < -0.39 is 36.0 Å². The number of nitrogens with zero attached hydrogens (tertiary/aromatic N) is 1. The summed E-state index contributed by atoms with van der Waals surface area (Å²) in [5.41, 5.74) is 0. The van der Waals surface area contributed by atoms with Crippen LogP contribution < -0.4 is 0 Å². The summed E-state index contributed by atoms with van der Waals surface area (Å²) in [6.45, 7) is 8.13. The third-order valence-electron chi connectivity index (χ3n) is 8.82. The molecule has 0 amide bonds. The Labute approximate surface area is 257 Å². The molecule has 3 N–H and O–H groups in total. The molecule has 0 aromatic rings. The molecule has 0 rings (SSSR count). The van der Waals surface area contributed by atoms with Gasteiger partial charge in [-0.15, -0.1) is 0 Å². The lowest BCUT2D eigenvalue weighted by atomic mass is 9.91. The highest BCUT2D eigenvalue weighted by Gasteiger charge is 2.56. The molecule has 0 saturated carbocycles. The van der Waals surface area contributed by atoms with Crippen molar-refractivity contribution in [1.82, 2.24) is 0 Å². The highest BCUT2D eigenvalue weighted by molar-refractivity contribution is 5.78. The topological polar surface area (TPSA) is 112 Å². The number of quaternary nitrogens is 1. The number of carbonyl (C=O) groups is 3. The highest BCUT2D eigenvalue weighted by atomic mass is 16.4. The smallest absolute Gasteiger partial charge is 0.362 e. The summed E-state index contributed by atoms with van der Waals surface area (Å²) in [5.74, 6) is -3.25. The van der Waals surface area contributed by atoms with Gasteiger partial charge in [-0.3, -0.25) is 4.48 Å². The lowest BCUT2D eigenvalue weighted by Gasteiger charge is -2.50. The summed E-state index contributed by atoms with van der Waals surface area (Å²) < 4.78 is -0.370. The van der Waals surface area contributed by atoms with E-state index in [1.54, 1.807) is 0 Å². The van der Waals surface area contributed by atoms with Crippen molar-refractivity contribution < 1.29 is 34.2 Å². The van der Waals surface area contributed by atoms with Crippen molar-refractivity contribution in [2.75, 3.05) is 6.54 Å². The number of rotatable bonds is 30. The minimum absolute atomic E-state index is 0.271. The number of unbranched alkanes of at least 4 members (excludes halogenated alkanes) is 14. The largest absolute Gasteiger partial charge is 0.477 e. The predicted molar refractivity (Wildman–Crippen MR) is 173 cm³/mol. The van der Waals surface area contributed by atoms with Crippen LogP contribution >= 0.6 is 0 Å². The van der Waals surface area contributed by atoms with Gasteiger partial charge in [0.1, 0.15) is 0 Å². The fourth-order valence-corrected chi connectivity index (χ4v) is 6.64. The van der Waals surface area contributed by atoms with Crippen LogP contribution in [0.1, 0.15) is 169 Å². The number of hydrogen-bond acceptors (Lipinski definition) is 3. The summed E-state index contributed by atoms with van der Waals surface area (Å²) in [4.78, 5) is 37.8. The first kappa shape index (κ1) is 40.1. The van der Waals surface area contributed by atoms with Crippen LogP contribution in [0.4, 0.5) is 0 Å². The molecule has 0 heterocycles. The van der Waals surface area contributed by atoms with Crippen molar-refractivity contribution in [3.63, 3.8) is 0 Å². The molecule has 7 heteroatoms. The lowest BCUT2D eigenvalue weighted by molar-refractivity contribution is -0.973. The van der Waals surface area contributed by atoms with E-state index in [4.69, 9.17) is 0 Å². The quantitative estimate of drug-likeness (QED) is 0.0433. The van der Waals surface area contributed by atoms with Gasteiger partial charge < -0.3 is 15.3 Å². The normalized spacial score (nSPS) is 15.3. The molecule has 7 nitrogen and oxygen atoms in total. The van der Waals surface area contributed by atoms with E-state index >= 15 is 0 Å². The van der Waals surface area contributed by atoms with Crippen LogP contribution in [0.2, 0.25) is 0 Å². The van der Waals surface area contributed by atoms with Crippen molar-refractivity contribution in [3.05, 3.63) is 12.2 Å². The monoisotopic (exact) mass is 596 g/mol. The van der Waals surface area contributed by atoms with Crippen LogP contribution in [-0.2, 0) is 14.4 Å². The molecule has 0 aromatic heterocycles. The summed E-state index contributed by atoms with van der Waals surface area (Å²) in [6.07, 6.45) is 26.0. The maximum Gasteiger partial charge on any atom is 0.362 e. The number of aliphatic carboxylic acids is 3. The molecule has 0 fully saturated rings. The van der Waals surface area contributed by atoms with Gasteiger partial charge in [0.25, 0.3) is 0 Å². The molecule has 0 aliphatic heterocycles. The number of allylic oxidation sites excluding steroid dienone is 2. The van der Waals surface area contributed by atoms with E-state index in [1.807, 2.05) is 20.8 Å². The van der Waals surface area contributed by atoms with Crippen LogP contribution in [0.15, 0.2) is 12.2 Å². The number of carboxylic acids is 3. The molecule has 42 heavy (non-hydrogen) atoms. The molecule has 0 radical (unpaired) electrons. The zero-order valence-electron chi connectivity index (χ0n) is 27.7. The minimum atomic E-state index is -1.08. The summed E-state index contributed by atoms with van der Waals surface area (Å²) in [7, 11) is 0. The van der Waals surface area contributed by atoms with E-state index in [-0.39, 0.29) is 30.3 Å². The zero-order valence-corrected chi connectivity index (χ0v) is 27.7. The minimum Gasteiger partial charge on any atom is -0.477 e. The summed E-state index contributed by atoms with van der Waals surface area (Å²) in [5, 5.41) is 30.9. The molecular weight excluding hydrogens is 530 g/mol. The van der Waals surface area contributed by atoms with Crippen molar-refractivity contribution in [2.24, 2.45) is 0 Å². The maximum atomic E-state index is 12.6. The summed E-state index contributed by atoms with van der Waals surface area (Å²) in [6, 6.07) is -3.13. The lowest BCUT2D eigenvalue weighted by Crippen LogP contribution is -2.72. The Morgan fingerprint density at radius 3 is 1.10 bits per heavy atom. The maximum absolute atomic E-state index is 12.6. The van der Waals surface area contributed by atoms with Gasteiger partial charge in [-0.2, -0.15) is 0 Å². The van der Waals surface area contributed by atoms with Gasteiger partial charge in [0.2, 0.25) is 0 Å². The van der Waals surface area contributed by atoms with Gasteiger partial charge in [0.05, 0.1) is 6.54 Å². The second kappa shape index (κ2) is 25.6. The van der Waals surface area contributed by atoms with E-state index in [1.165, 1.54) is 77.0 Å². The molecule has 0 spiro atoms. The number of carboxylic acid groups (broad SMARTS) is 3. The van der Waals surface area contributed by atoms with Gasteiger partial charge in [0, 0.05) is 19.3 Å². The van der Waals surface area contributed by atoms with E-state index in [2.05, 4.69) is 19.1 Å². The van der Waals surface area contributed by atoms with Crippen molar-refractivity contribution in [2.45, 2.75) is 187 Å². The standard InChI is InChI=1S/C35H65NO6/c1-5-9-10-11-12-13-14-15-16-17-18-19-20-21-22-23-24-25-29-36(30(26-6-2)33(37)38,31(27-7-3)34(39)40)32(28-8-4)35(41)42/h10-11,30-32H,5-9,12-29H2,1-4H3,(H2-,37,38,39,40,41,42)/p+1/b11-10+. The fourth-order valence-electron chi connectivity index (χ4n) is 6.64. The molecule has 0 bridgehead atoms. The average molecular weight is 597 g/mol. The van der Waals surface area contributed by atoms with Crippen molar-refractivity contribution in [1.29, 1.82) is 0 Å². The van der Waals surface area contributed by atoms with Crippen LogP contribution in [0.3, 0.4) is 0 Å². The van der Waals surface area contributed by atoms with Gasteiger partial charge >= 0.3 is 17.9 Å². The van der Waals surface area contributed by atoms with Crippen molar-refractivity contribution in [3.8, 4) is 0 Å². The third-order valence-corrected chi connectivity index (χ3v) is 8.82. The Hall–Kier alpha value is -1.89. The Morgan fingerprint density at radius 2 is 0.786 bits per heavy atom. The van der Waals surface area contributed by atoms with E-state index in [9.17, 15) is 29.7 Å². The van der Waals surface area contributed by atoms with Crippen LogP contribution in [-0.4, -0.2) is 62.4 Å². The molecule has 0 aromatic carbocycles. The number of hydrogen-bond donors (Lipinski definition) is 3. The summed E-state index contributed by atoms with van der Waals surface area (Å²) >= 11 is 0. The van der Waals surface area contributed by atoms with Gasteiger partial charge in [-0.05, 0) is 51.4 Å². The zero-order chi connectivity index (χ0) is 31.6. The SMILES string of the molecule is CCC/C=C/CCCCCCCCCCCCCCC[N+](C(CCC)C(=O)O)(C(CCC)C(=O)O)C(CCC)C(=O)O. The fraction of sp³-hybridized carbons (Fsp3) is 0.857. The molecule has 0 aliphatic carbocycles. The second-order valence-corrected chi connectivity index (χ2v) is 12.3. The van der Waals surface area contributed by atoms with Gasteiger partial charge in [-0.1, -0.05) is 110 Å². The van der Waals surface area contributed by atoms with Crippen molar-refractivity contribution >= 4 is 17.9 Å². The average Bonchev–Trinajstić information content (AvgIpc) is 2.95. The second-order valence-electron chi connectivity index (χ2n) is 12.3. The Kier molecular flexibility index (Phi) is 24.4. The van der Waals surface area contributed by atoms with Crippen LogP contribution in [0, 0.1) is 0 Å². The Bertz CT molecular complexity index is 677. The van der Waals surface area contributed by atoms with E-state index in [0.717, 1.165) is 19.3 Å². The van der Waals surface area contributed by atoms with Gasteiger partial charge in [0.15, 0.2) is 18.1 Å².